The summed E-state index contributed by atoms with van der Waals surface area (Å²) in [6, 6.07) is 3.21. The number of nitrogens with zero attached hydrogens (tertiary/aromatic N) is 3. The number of carbonyl (C=O) groups is 1. The van der Waals surface area contributed by atoms with E-state index >= 15 is 0 Å². The molecule has 8 nitrogen and oxygen atoms in total. The van der Waals surface area contributed by atoms with E-state index in [-0.39, 0.29) is 11.9 Å². The summed E-state index contributed by atoms with van der Waals surface area (Å²) in [5.74, 6) is 0.351. The zero-order chi connectivity index (χ0) is 13.8. The van der Waals surface area contributed by atoms with Crippen molar-refractivity contribution in [3.8, 4) is 5.88 Å². The van der Waals surface area contributed by atoms with E-state index in [0.29, 0.717) is 31.0 Å². The molecule has 1 saturated heterocycles. The lowest BCUT2D eigenvalue weighted by Gasteiger charge is -2.13. The average Bonchev–Trinajstić information content (AvgIpc) is 2.87. The van der Waals surface area contributed by atoms with Gasteiger partial charge in [0.25, 0.3) is 0 Å². The fourth-order valence-electron chi connectivity index (χ4n) is 1.83. The van der Waals surface area contributed by atoms with Crippen molar-refractivity contribution in [1.29, 1.82) is 0 Å². The number of carboxylic acid groups (broad SMARTS) is 1. The van der Waals surface area contributed by atoms with Crippen LogP contribution in [0.3, 0.4) is 0 Å². The predicted molar refractivity (Wildman–Crippen MR) is 65.4 cm³/mol. The summed E-state index contributed by atoms with van der Waals surface area (Å²) in [5, 5.41) is 20.2. The number of pyridine rings is 1. The second-order valence-corrected chi connectivity index (χ2v) is 4.13. The fourth-order valence-corrected chi connectivity index (χ4v) is 1.83. The monoisotopic (exact) mass is 266 g/mol. The maximum absolute atomic E-state index is 10.8. The van der Waals surface area contributed by atoms with E-state index in [2.05, 4.69) is 10.1 Å². The Morgan fingerprint density at radius 2 is 2.37 bits per heavy atom. The Balaban J connectivity index is 1.95. The van der Waals surface area contributed by atoms with Crippen molar-refractivity contribution in [2.45, 2.75) is 12.5 Å². The lowest BCUT2D eigenvalue weighted by molar-refractivity contribution is 0.144. The lowest BCUT2D eigenvalue weighted by Crippen LogP contribution is -2.29. The fraction of sp³-hybridized carbons (Fsp3) is 0.364. The number of hydrogen-bond donors (Lipinski definition) is 3. The average molecular weight is 266 g/mol. The number of amidine groups is 1. The van der Waals surface area contributed by atoms with Crippen molar-refractivity contribution in [3.05, 3.63) is 23.9 Å². The van der Waals surface area contributed by atoms with Crippen LogP contribution in [0, 0.1) is 0 Å². The van der Waals surface area contributed by atoms with Gasteiger partial charge in [0.1, 0.15) is 6.10 Å². The van der Waals surface area contributed by atoms with E-state index < -0.39 is 6.09 Å². The largest absolute Gasteiger partial charge is 0.472 e. The Labute approximate surface area is 109 Å². The molecule has 19 heavy (non-hydrogen) atoms. The Morgan fingerprint density at radius 3 is 2.89 bits per heavy atom. The Kier molecular flexibility index (Phi) is 3.69. The molecule has 4 N–H and O–H groups in total. The first-order valence-corrected chi connectivity index (χ1v) is 5.68. The molecule has 0 radical (unpaired) electrons. The maximum atomic E-state index is 10.8. The topological polar surface area (TPSA) is 121 Å². The van der Waals surface area contributed by atoms with Crippen molar-refractivity contribution in [2.75, 3.05) is 13.1 Å². The van der Waals surface area contributed by atoms with E-state index in [1.54, 1.807) is 12.1 Å². The van der Waals surface area contributed by atoms with Crippen molar-refractivity contribution in [2.24, 2.45) is 10.9 Å². The van der Waals surface area contributed by atoms with Gasteiger partial charge in [0.05, 0.1) is 6.54 Å². The molecule has 0 aromatic carbocycles. The summed E-state index contributed by atoms with van der Waals surface area (Å²) >= 11 is 0. The van der Waals surface area contributed by atoms with Crippen LogP contribution in [0.2, 0.25) is 0 Å². The molecule has 1 aromatic rings. The van der Waals surface area contributed by atoms with Gasteiger partial charge in [-0.15, -0.1) is 0 Å². The van der Waals surface area contributed by atoms with E-state index in [4.69, 9.17) is 20.8 Å². The number of aromatic nitrogens is 1. The van der Waals surface area contributed by atoms with Gasteiger partial charge >= 0.3 is 6.09 Å². The minimum atomic E-state index is -0.943. The number of hydrogen-bond acceptors (Lipinski definition) is 5. The van der Waals surface area contributed by atoms with Crippen molar-refractivity contribution in [3.63, 3.8) is 0 Å². The minimum absolute atomic E-state index is 0.0306. The Morgan fingerprint density at radius 1 is 1.58 bits per heavy atom. The number of likely N-dealkylation sites (tertiary alicyclic amines) is 1. The molecule has 0 saturated carbocycles. The van der Waals surface area contributed by atoms with E-state index in [9.17, 15) is 4.79 Å². The molecule has 2 rings (SSSR count). The van der Waals surface area contributed by atoms with Crippen LogP contribution in [-0.2, 0) is 0 Å². The van der Waals surface area contributed by atoms with Crippen molar-refractivity contribution < 1.29 is 19.8 Å². The maximum Gasteiger partial charge on any atom is 0.407 e. The van der Waals surface area contributed by atoms with Gasteiger partial charge in [0.15, 0.2) is 5.84 Å². The van der Waals surface area contributed by atoms with Crippen LogP contribution in [0.1, 0.15) is 12.0 Å². The van der Waals surface area contributed by atoms with E-state index in [1.807, 2.05) is 0 Å². The van der Waals surface area contributed by atoms with Crippen LogP contribution in [0.25, 0.3) is 0 Å². The zero-order valence-electron chi connectivity index (χ0n) is 10.1. The Bertz CT molecular complexity index is 488. The SMILES string of the molecule is NC(=NO)c1ccc(OC2CCN(C(=O)O)C2)nc1. The highest BCUT2D eigenvalue weighted by Crippen LogP contribution is 2.16. The summed E-state index contributed by atoms with van der Waals surface area (Å²) in [6.07, 6.45) is 0.921. The van der Waals surface area contributed by atoms with Gasteiger partial charge in [-0.05, 0) is 6.07 Å². The molecule has 0 spiro atoms. The van der Waals surface area contributed by atoms with Crippen LogP contribution in [0.4, 0.5) is 4.79 Å². The highest BCUT2D eigenvalue weighted by Gasteiger charge is 2.27. The number of rotatable bonds is 3. The molecule has 8 heteroatoms. The molecule has 102 valence electrons. The number of nitrogens with two attached hydrogens (primary N) is 1. The smallest absolute Gasteiger partial charge is 0.407 e. The normalized spacial score (nSPS) is 19.5. The predicted octanol–water partition coefficient (Wildman–Crippen LogP) is 0.307. The van der Waals surface area contributed by atoms with Gasteiger partial charge < -0.3 is 25.7 Å². The number of amides is 1. The molecular formula is C11H14N4O4. The third-order valence-corrected chi connectivity index (χ3v) is 2.84. The van der Waals surface area contributed by atoms with Gasteiger partial charge in [-0.25, -0.2) is 9.78 Å². The van der Waals surface area contributed by atoms with Crippen LogP contribution in [-0.4, -0.2) is 51.3 Å². The van der Waals surface area contributed by atoms with Gasteiger partial charge in [-0.3, -0.25) is 0 Å². The van der Waals surface area contributed by atoms with Gasteiger partial charge in [0.2, 0.25) is 5.88 Å². The zero-order valence-corrected chi connectivity index (χ0v) is 10.1. The molecule has 1 aliphatic heterocycles. The Hall–Kier alpha value is -2.51. The first kappa shape index (κ1) is 12.9. The van der Waals surface area contributed by atoms with E-state index in [0.717, 1.165) is 0 Å². The molecule has 2 heterocycles. The number of oxime groups is 1. The molecule has 1 aliphatic rings. The van der Waals surface area contributed by atoms with Crippen molar-refractivity contribution >= 4 is 11.9 Å². The van der Waals surface area contributed by atoms with Crippen LogP contribution in [0.5, 0.6) is 5.88 Å². The summed E-state index contributed by atoms with van der Waals surface area (Å²) in [6.45, 7) is 0.793. The second kappa shape index (κ2) is 5.42. The molecule has 1 aromatic heterocycles. The van der Waals surface area contributed by atoms with Gasteiger partial charge in [-0.2, -0.15) is 0 Å². The van der Waals surface area contributed by atoms with Crippen LogP contribution in [0.15, 0.2) is 23.5 Å². The van der Waals surface area contributed by atoms with Crippen molar-refractivity contribution in [1.82, 2.24) is 9.88 Å². The summed E-state index contributed by atoms with van der Waals surface area (Å²) in [4.78, 5) is 16.1. The molecule has 1 amide bonds. The first-order valence-electron chi connectivity index (χ1n) is 5.68. The summed E-state index contributed by atoms with van der Waals surface area (Å²) in [7, 11) is 0. The first-order chi connectivity index (χ1) is 9.10. The lowest BCUT2D eigenvalue weighted by atomic mass is 10.2. The molecule has 1 atom stereocenters. The molecule has 0 aliphatic carbocycles. The second-order valence-electron chi connectivity index (χ2n) is 4.13. The van der Waals surface area contributed by atoms with Crippen LogP contribution < -0.4 is 10.5 Å². The molecule has 1 fully saturated rings. The quantitative estimate of drug-likeness (QED) is 0.313. The van der Waals surface area contributed by atoms with Gasteiger partial charge in [0, 0.05) is 30.8 Å². The molecule has 1 unspecified atom stereocenters. The molecular weight excluding hydrogens is 252 g/mol. The van der Waals surface area contributed by atoms with Gasteiger partial charge in [-0.1, -0.05) is 5.16 Å². The van der Waals surface area contributed by atoms with Crippen LogP contribution >= 0.6 is 0 Å². The molecule has 0 bridgehead atoms. The number of ether oxygens (including phenoxy) is 1. The summed E-state index contributed by atoms with van der Waals surface area (Å²) < 4.78 is 5.56. The highest BCUT2D eigenvalue weighted by molar-refractivity contribution is 5.96. The third kappa shape index (κ3) is 3.03. The standard InChI is InChI=1S/C11H14N4O4/c12-10(14-18)7-1-2-9(13-5-7)19-8-3-4-15(6-8)11(16)17/h1-2,5,8,18H,3-4,6H2,(H2,12,14)(H,16,17). The third-order valence-electron chi connectivity index (χ3n) is 2.84. The van der Waals surface area contributed by atoms with E-state index in [1.165, 1.54) is 11.1 Å². The summed E-state index contributed by atoms with van der Waals surface area (Å²) in [5.41, 5.74) is 5.89. The highest BCUT2D eigenvalue weighted by atomic mass is 16.5. The minimum Gasteiger partial charge on any atom is -0.472 e.